The molecule has 0 aliphatic heterocycles. The van der Waals surface area contributed by atoms with Crippen molar-refractivity contribution >= 4 is 11.2 Å². The summed E-state index contributed by atoms with van der Waals surface area (Å²) in [5.41, 5.74) is 2.98. The molecular weight excluding hydrogens is 190 g/mol. The van der Waals surface area contributed by atoms with Crippen LogP contribution in [-0.4, -0.2) is 25.1 Å². The van der Waals surface area contributed by atoms with Crippen LogP contribution in [0, 0.1) is 0 Å². The first kappa shape index (κ1) is 8.05. The van der Waals surface area contributed by atoms with Gasteiger partial charge in [-0.2, -0.15) is 5.10 Å². The van der Waals surface area contributed by atoms with Gasteiger partial charge in [0.1, 0.15) is 11.2 Å². The summed E-state index contributed by atoms with van der Waals surface area (Å²) in [6.07, 6.45) is 4.99. The molecule has 0 bridgehead atoms. The summed E-state index contributed by atoms with van der Waals surface area (Å²) in [7, 11) is 0. The summed E-state index contributed by atoms with van der Waals surface area (Å²) in [4.78, 5) is 12.5. The highest BCUT2D eigenvalue weighted by Gasteiger charge is 2.09. The quantitative estimate of drug-likeness (QED) is 0.640. The van der Waals surface area contributed by atoms with Gasteiger partial charge in [0.2, 0.25) is 0 Å². The fraction of sp³-hybridized carbons (Fsp3) is 0. The van der Waals surface area contributed by atoms with Crippen LogP contribution in [0.3, 0.4) is 0 Å². The number of rotatable bonds is 1. The van der Waals surface area contributed by atoms with Crippen LogP contribution in [0.1, 0.15) is 0 Å². The highest BCUT2D eigenvalue weighted by molar-refractivity contribution is 5.85. The number of hydrogen-bond donors (Lipinski definition) is 1. The number of hydrogen-bond acceptors (Lipinski definition) is 4. The van der Waals surface area contributed by atoms with Crippen molar-refractivity contribution in [3.05, 3.63) is 36.8 Å². The molecule has 15 heavy (non-hydrogen) atoms. The van der Waals surface area contributed by atoms with Crippen LogP contribution in [0.4, 0.5) is 0 Å². The number of fused-ring (bicyclic) bond motifs is 1. The molecule has 0 saturated heterocycles. The second kappa shape index (κ2) is 3.13. The molecule has 0 radical (unpaired) electrons. The largest absolute Gasteiger partial charge is 0.272 e. The standard InChI is InChI=1S/C10H7N5/c1-2-4-11-7(3-1)8-9-10(15-14-8)13-6-5-12-9/h1-6H,(H,13,14,15). The van der Waals surface area contributed by atoms with Crippen molar-refractivity contribution in [3.8, 4) is 11.4 Å². The van der Waals surface area contributed by atoms with Crippen LogP contribution in [0.25, 0.3) is 22.6 Å². The number of aromatic nitrogens is 5. The van der Waals surface area contributed by atoms with E-state index < -0.39 is 0 Å². The van der Waals surface area contributed by atoms with Gasteiger partial charge >= 0.3 is 0 Å². The first-order valence-corrected chi connectivity index (χ1v) is 4.51. The predicted molar refractivity (Wildman–Crippen MR) is 54.9 cm³/mol. The first-order valence-electron chi connectivity index (χ1n) is 4.51. The van der Waals surface area contributed by atoms with Gasteiger partial charge in [0.15, 0.2) is 5.65 Å². The number of nitrogens with zero attached hydrogens (tertiary/aromatic N) is 4. The monoisotopic (exact) mass is 197 g/mol. The SMILES string of the molecule is c1ccc(-c2[nH]nc3nccnc23)nc1. The maximum Gasteiger partial charge on any atom is 0.200 e. The summed E-state index contributed by atoms with van der Waals surface area (Å²) < 4.78 is 0. The van der Waals surface area contributed by atoms with E-state index in [2.05, 4.69) is 25.1 Å². The Morgan fingerprint density at radius 2 is 1.87 bits per heavy atom. The zero-order valence-corrected chi connectivity index (χ0v) is 7.75. The molecule has 0 amide bonds. The zero-order chi connectivity index (χ0) is 10.1. The fourth-order valence-electron chi connectivity index (χ4n) is 1.44. The van der Waals surface area contributed by atoms with Crippen molar-refractivity contribution in [2.24, 2.45) is 0 Å². The van der Waals surface area contributed by atoms with E-state index in [1.807, 2.05) is 18.2 Å². The molecule has 5 nitrogen and oxygen atoms in total. The lowest BCUT2D eigenvalue weighted by atomic mass is 10.2. The van der Waals surface area contributed by atoms with E-state index in [9.17, 15) is 0 Å². The molecule has 0 aromatic carbocycles. The molecule has 3 aromatic heterocycles. The molecule has 3 rings (SSSR count). The number of aromatic amines is 1. The molecule has 0 atom stereocenters. The predicted octanol–water partition coefficient (Wildman–Crippen LogP) is 1.41. The van der Waals surface area contributed by atoms with Crippen LogP contribution >= 0.6 is 0 Å². The Morgan fingerprint density at radius 1 is 0.933 bits per heavy atom. The Bertz CT molecular complexity index is 587. The number of pyridine rings is 1. The van der Waals surface area contributed by atoms with E-state index >= 15 is 0 Å². The second-order valence-corrected chi connectivity index (χ2v) is 3.04. The van der Waals surface area contributed by atoms with Crippen LogP contribution in [0.2, 0.25) is 0 Å². The molecular formula is C10H7N5. The minimum atomic E-state index is 0.609. The van der Waals surface area contributed by atoms with E-state index in [1.54, 1.807) is 18.6 Å². The Morgan fingerprint density at radius 3 is 2.73 bits per heavy atom. The molecule has 1 N–H and O–H groups in total. The van der Waals surface area contributed by atoms with Crippen molar-refractivity contribution in [2.45, 2.75) is 0 Å². The van der Waals surface area contributed by atoms with Gasteiger partial charge in [-0.25, -0.2) is 9.97 Å². The third-order valence-electron chi connectivity index (χ3n) is 2.11. The molecule has 0 unspecified atom stereocenters. The van der Waals surface area contributed by atoms with Gasteiger partial charge in [-0.05, 0) is 12.1 Å². The second-order valence-electron chi connectivity index (χ2n) is 3.04. The number of H-pyrrole nitrogens is 1. The summed E-state index contributed by atoms with van der Waals surface area (Å²) >= 11 is 0. The molecule has 0 spiro atoms. The maximum absolute atomic E-state index is 4.23. The van der Waals surface area contributed by atoms with Gasteiger partial charge in [0, 0.05) is 18.6 Å². The van der Waals surface area contributed by atoms with E-state index in [1.165, 1.54) is 0 Å². The van der Waals surface area contributed by atoms with Crippen LogP contribution in [0.15, 0.2) is 36.8 Å². The molecule has 3 heterocycles. The maximum atomic E-state index is 4.23. The fourth-order valence-corrected chi connectivity index (χ4v) is 1.44. The van der Waals surface area contributed by atoms with Crippen LogP contribution in [0.5, 0.6) is 0 Å². The molecule has 0 aliphatic carbocycles. The topological polar surface area (TPSA) is 67.3 Å². The number of nitrogens with one attached hydrogen (secondary N) is 1. The average molecular weight is 197 g/mol. The van der Waals surface area contributed by atoms with Gasteiger partial charge in [0.05, 0.1) is 5.69 Å². The average Bonchev–Trinajstić information content (AvgIpc) is 2.74. The van der Waals surface area contributed by atoms with Crippen molar-refractivity contribution in [1.29, 1.82) is 0 Å². The van der Waals surface area contributed by atoms with Gasteiger partial charge in [0.25, 0.3) is 0 Å². The summed E-state index contributed by atoms with van der Waals surface area (Å²) in [5.74, 6) is 0. The Balaban J connectivity index is 2.28. The van der Waals surface area contributed by atoms with Gasteiger partial charge in [-0.15, -0.1) is 0 Å². The van der Waals surface area contributed by atoms with E-state index in [0.717, 1.165) is 16.9 Å². The molecule has 0 saturated carbocycles. The highest BCUT2D eigenvalue weighted by Crippen LogP contribution is 2.20. The zero-order valence-electron chi connectivity index (χ0n) is 7.75. The van der Waals surface area contributed by atoms with Crippen molar-refractivity contribution in [1.82, 2.24) is 25.1 Å². The molecule has 5 heteroatoms. The minimum absolute atomic E-state index is 0.609. The normalized spacial score (nSPS) is 10.7. The molecule has 0 fully saturated rings. The third-order valence-corrected chi connectivity index (χ3v) is 2.11. The lowest BCUT2D eigenvalue weighted by Gasteiger charge is -1.94. The smallest absolute Gasteiger partial charge is 0.200 e. The van der Waals surface area contributed by atoms with Crippen molar-refractivity contribution < 1.29 is 0 Å². The summed E-state index contributed by atoms with van der Waals surface area (Å²) in [5, 5.41) is 6.95. The molecule has 72 valence electrons. The van der Waals surface area contributed by atoms with Crippen molar-refractivity contribution in [3.63, 3.8) is 0 Å². The summed E-state index contributed by atoms with van der Waals surface area (Å²) in [6, 6.07) is 5.70. The van der Waals surface area contributed by atoms with Crippen LogP contribution < -0.4 is 0 Å². The Hall–Kier alpha value is -2.30. The highest BCUT2D eigenvalue weighted by atomic mass is 15.2. The van der Waals surface area contributed by atoms with Gasteiger partial charge < -0.3 is 0 Å². The third kappa shape index (κ3) is 1.25. The summed E-state index contributed by atoms with van der Waals surface area (Å²) in [6.45, 7) is 0. The van der Waals surface area contributed by atoms with Gasteiger partial charge in [-0.1, -0.05) is 6.07 Å². The molecule has 0 aliphatic rings. The lowest BCUT2D eigenvalue weighted by Crippen LogP contribution is -1.84. The van der Waals surface area contributed by atoms with E-state index in [-0.39, 0.29) is 0 Å². The Kier molecular flexibility index (Phi) is 1.68. The first-order chi connectivity index (χ1) is 7.45. The van der Waals surface area contributed by atoms with E-state index in [0.29, 0.717) is 5.65 Å². The van der Waals surface area contributed by atoms with Crippen molar-refractivity contribution in [2.75, 3.05) is 0 Å². The lowest BCUT2D eigenvalue weighted by molar-refractivity contribution is 1.09. The minimum Gasteiger partial charge on any atom is -0.272 e. The Labute approximate surface area is 85.2 Å². The van der Waals surface area contributed by atoms with Gasteiger partial charge in [-0.3, -0.25) is 10.1 Å². The van der Waals surface area contributed by atoms with Crippen LogP contribution in [-0.2, 0) is 0 Å². The van der Waals surface area contributed by atoms with E-state index in [4.69, 9.17) is 0 Å². The molecule has 3 aromatic rings.